The number of carbonyl (C=O) groups excluding carboxylic acids is 1. The molecule has 0 saturated heterocycles. The molecule has 0 aliphatic heterocycles. The van der Waals surface area contributed by atoms with Gasteiger partial charge in [-0.15, -0.1) is 5.10 Å². The molecule has 1 fully saturated rings. The van der Waals surface area contributed by atoms with Crippen LogP contribution in [0, 0.1) is 11.7 Å². The Labute approximate surface area is 146 Å². The summed E-state index contributed by atoms with van der Waals surface area (Å²) in [7, 11) is 0. The molecule has 1 aromatic heterocycles. The molecule has 1 saturated carbocycles. The Bertz CT molecular complexity index is 804. The molecule has 0 spiro atoms. The molecule has 0 radical (unpaired) electrons. The van der Waals surface area contributed by atoms with Crippen LogP contribution in [0.1, 0.15) is 35.4 Å². The molecule has 140 valence electrons. The number of nitrogens with one attached hydrogen (secondary N) is 1. The predicted octanol–water partition coefficient (Wildman–Crippen LogP) is 2.28. The summed E-state index contributed by atoms with van der Waals surface area (Å²) in [5, 5.41) is 9.31. The van der Waals surface area contributed by atoms with Crippen molar-refractivity contribution in [2.24, 2.45) is 11.7 Å². The lowest BCUT2D eigenvalue weighted by Crippen LogP contribution is -2.40. The van der Waals surface area contributed by atoms with Gasteiger partial charge < -0.3 is 11.1 Å². The summed E-state index contributed by atoms with van der Waals surface area (Å²) in [4.78, 5) is 12.4. The highest BCUT2D eigenvalue weighted by Gasteiger charge is 2.43. The fourth-order valence-corrected chi connectivity index (χ4v) is 3.23. The smallest absolute Gasteiger partial charge is 0.348 e. The third-order valence-electron chi connectivity index (χ3n) is 4.51. The number of rotatable bonds is 4. The second-order valence-corrected chi connectivity index (χ2v) is 6.15. The van der Waals surface area contributed by atoms with Crippen LogP contribution < -0.4 is 11.1 Å². The Morgan fingerprint density at radius 3 is 2.69 bits per heavy atom. The number of hydrogen-bond acceptors (Lipinski definition) is 4. The lowest BCUT2D eigenvalue weighted by Gasteiger charge is -2.19. The van der Waals surface area contributed by atoms with Gasteiger partial charge >= 0.3 is 6.18 Å². The van der Waals surface area contributed by atoms with Crippen LogP contribution in [-0.2, 0) is 6.18 Å². The van der Waals surface area contributed by atoms with E-state index >= 15 is 0 Å². The highest BCUT2D eigenvalue weighted by molar-refractivity contribution is 5.93. The van der Waals surface area contributed by atoms with Crippen LogP contribution in [0.2, 0.25) is 0 Å². The number of aromatic nitrogens is 3. The van der Waals surface area contributed by atoms with Crippen molar-refractivity contribution < 1.29 is 22.4 Å². The first-order valence-corrected chi connectivity index (χ1v) is 8.11. The number of amides is 1. The number of alkyl halides is 3. The maximum absolute atomic E-state index is 13.9. The van der Waals surface area contributed by atoms with Gasteiger partial charge in [-0.2, -0.15) is 13.2 Å². The van der Waals surface area contributed by atoms with Gasteiger partial charge in [0.05, 0.1) is 0 Å². The summed E-state index contributed by atoms with van der Waals surface area (Å²) in [5.74, 6) is -1.89. The van der Waals surface area contributed by atoms with E-state index < -0.39 is 35.0 Å². The third-order valence-corrected chi connectivity index (χ3v) is 4.51. The molecule has 1 heterocycles. The molecular formula is C16H17F4N5O. The molecule has 0 bridgehead atoms. The second kappa shape index (κ2) is 7.02. The molecule has 26 heavy (non-hydrogen) atoms. The first-order valence-electron chi connectivity index (χ1n) is 8.11. The molecule has 2 aromatic rings. The van der Waals surface area contributed by atoms with E-state index in [1.54, 1.807) is 0 Å². The van der Waals surface area contributed by atoms with Crippen LogP contribution in [0.25, 0.3) is 5.69 Å². The Balaban J connectivity index is 1.98. The van der Waals surface area contributed by atoms with Gasteiger partial charge in [-0.1, -0.05) is 23.8 Å². The van der Waals surface area contributed by atoms with Gasteiger partial charge in [0.2, 0.25) is 0 Å². The summed E-state index contributed by atoms with van der Waals surface area (Å²) in [6, 6.07) is 4.52. The molecule has 1 amide bonds. The van der Waals surface area contributed by atoms with Gasteiger partial charge in [-0.25, -0.2) is 9.07 Å². The molecule has 3 rings (SSSR count). The highest BCUT2D eigenvalue weighted by Crippen LogP contribution is 2.33. The first-order chi connectivity index (χ1) is 12.3. The standard InChI is InChI=1S/C16H17F4N5O/c17-10-5-1-2-7-12(10)25-14(16(18,19)20)13(23-24-25)15(26)22-11-6-3-4-9(11)8-21/h1-2,5,7,9,11H,3-4,6,8,21H2,(H,22,26). The van der Waals surface area contributed by atoms with Crippen molar-refractivity contribution in [1.29, 1.82) is 0 Å². The summed E-state index contributed by atoms with van der Waals surface area (Å²) < 4.78 is 54.9. The maximum Gasteiger partial charge on any atom is 0.435 e. The fraction of sp³-hybridized carbons (Fsp3) is 0.438. The van der Waals surface area contributed by atoms with Gasteiger partial charge in [0.25, 0.3) is 5.91 Å². The number of hydrogen-bond donors (Lipinski definition) is 2. The van der Waals surface area contributed by atoms with E-state index in [4.69, 9.17) is 5.73 Å². The molecular weight excluding hydrogens is 354 g/mol. The zero-order chi connectivity index (χ0) is 18.9. The van der Waals surface area contributed by atoms with Crippen molar-refractivity contribution in [3.05, 3.63) is 41.5 Å². The Hall–Kier alpha value is -2.49. The number of carbonyl (C=O) groups is 1. The van der Waals surface area contributed by atoms with Crippen molar-refractivity contribution in [2.45, 2.75) is 31.5 Å². The highest BCUT2D eigenvalue weighted by atomic mass is 19.4. The van der Waals surface area contributed by atoms with Crippen molar-refractivity contribution in [3.8, 4) is 5.69 Å². The fourth-order valence-electron chi connectivity index (χ4n) is 3.23. The third kappa shape index (κ3) is 3.41. The first kappa shape index (κ1) is 18.3. The van der Waals surface area contributed by atoms with E-state index in [9.17, 15) is 22.4 Å². The summed E-state index contributed by atoms with van der Waals surface area (Å²) in [5.41, 5.74) is 2.89. The summed E-state index contributed by atoms with van der Waals surface area (Å²) in [6.45, 7) is 0.332. The molecule has 6 nitrogen and oxygen atoms in total. The quantitative estimate of drug-likeness (QED) is 0.808. The second-order valence-electron chi connectivity index (χ2n) is 6.15. The summed E-state index contributed by atoms with van der Waals surface area (Å²) in [6.07, 6.45) is -2.67. The average Bonchev–Trinajstić information content (AvgIpc) is 3.21. The van der Waals surface area contributed by atoms with Crippen molar-refractivity contribution >= 4 is 5.91 Å². The van der Waals surface area contributed by atoms with Crippen molar-refractivity contribution in [3.63, 3.8) is 0 Å². The zero-order valence-electron chi connectivity index (χ0n) is 13.6. The number of nitrogens with zero attached hydrogens (tertiary/aromatic N) is 3. The van der Waals surface area contributed by atoms with E-state index in [-0.39, 0.29) is 12.0 Å². The normalized spacial score (nSPS) is 20.3. The van der Waals surface area contributed by atoms with E-state index in [1.165, 1.54) is 12.1 Å². The predicted molar refractivity (Wildman–Crippen MR) is 84.0 cm³/mol. The number of benzene rings is 1. The Morgan fingerprint density at radius 2 is 2.04 bits per heavy atom. The van der Waals surface area contributed by atoms with Crippen LogP contribution in [0.4, 0.5) is 17.6 Å². The van der Waals surface area contributed by atoms with E-state index in [1.807, 2.05) is 0 Å². The van der Waals surface area contributed by atoms with E-state index in [0.29, 0.717) is 17.6 Å². The minimum Gasteiger partial charge on any atom is -0.348 e. The minimum atomic E-state index is -4.94. The van der Waals surface area contributed by atoms with Gasteiger partial charge in [0.15, 0.2) is 11.4 Å². The molecule has 1 aromatic carbocycles. The van der Waals surface area contributed by atoms with Gasteiger partial charge in [0, 0.05) is 6.04 Å². The zero-order valence-corrected chi connectivity index (χ0v) is 13.6. The van der Waals surface area contributed by atoms with Crippen LogP contribution in [0.3, 0.4) is 0 Å². The molecule has 1 aliphatic carbocycles. The molecule has 2 unspecified atom stereocenters. The molecule has 3 N–H and O–H groups in total. The summed E-state index contributed by atoms with van der Waals surface area (Å²) >= 11 is 0. The van der Waals surface area contributed by atoms with Crippen LogP contribution in [0.15, 0.2) is 24.3 Å². The molecule has 10 heteroatoms. The Kier molecular flexibility index (Phi) is 4.94. The SMILES string of the molecule is NCC1CCCC1NC(=O)c1nnn(-c2ccccc2F)c1C(F)(F)F. The van der Waals surface area contributed by atoms with Gasteiger partial charge in [0.1, 0.15) is 11.5 Å². The maximum atomic E-state index is 13.9. The number of nitrogens with two attached hydrogens (primary N) is 1. The lowest BCUT2D eigenvalue weighted by molar-refractivity contribution is -0.143. The van der Waals surface area contributed by atoms with Crippen molar-refractivity contribution in [1.82, 2.24) is 20.3 Å². The van der Waals surface area contributed by atoms with E-state index in [0.717, 1.165) is 25.0 Å². The lowest BCUT2D eigenvalue weighted by atomic mass is 10.0. The molecule has 2 atom stereocenters. The topological polar surface area (TPSA) is 85.8 Å². The van der Waals surface area contributed by atoms with Crippen LogP contribution in [-0.4, -0.2) is 33.5 Å². The Morgan fingerprint density at radius 1 is 1.31 bits per heavy atom. The minimum absolute atomic E-state index is 0.00917. The van der Waals surface area contributed by atoms with Gasteiger partial charge in [-0.05, 0) is 37.4 Å². The van der Waals surface area contributed by atoms with Gasteiger partial charge in [-0.3, -0.25) is 4.79 Å². The van der Waals surface area contributed by atoms with E-state index in [2.05, 4.69) is 15.6 Å². The van der Waals surface area contributed by atoms with Crippen molar-refractivity contribution in [2.75, 3.05) is 6.54 Å². The molecule has 1 aliphatic rings. The van der Waals surface area contributed by atoms with Crippen LogP contribution >= 0.6 is 0 Å². The van der Waals surface area contributed by atoms with Crippen LogP contribution in [0.5, 0.6) is 0 Å². The largest absolute Gasteiger partial charge is 0.435 e. The number of halogens is 4. The average molecular weight is 371 g/mol. The number of para-hydroxylation sites is 1. The monoisotopic (exact) mass is 371 g/mol.